The SMILES string of the molecule is CCC(=O)NCc1cc2cc(Cl)c(CCn3cc(F)cn3)cc2[nH]1. The van der Waals surface area contributed by atoms with Crippen molar-refractivity contribution < 1.29 is 9.18 Å². The molecule has 0 aliphatic rings. The van der Waals surface area contributed by atoms with Crippen LogP contribution in [0, 0.1) is 5.82 Å². The molecule has 0 fully saturated rings. The van der Waals surface area contributed by atoms with E-state index in [1.54, 1.807) is 4.68 Å². The number of H-pyrrole nitrogens is 1. The molecule has 0 atom stereocenters. The Morgan fingerprint density at radius 1 is 1.42 bits per heavy atom. The number of aromatic amines is 1. The first kappa shape index (κ1) is 16.5. The van der Waals surface area contributed by atoms with Crippen LogP contribution in [-0.4, -0.2) is 20.7 Å². The van der Waals surface area contributed by atoms with Gasteiger partial charge in [-0.1, -0.05) is 18.5 Å². The van der Waals surface area contributed by atoms with Crippen molar-refractivity contribution in [3.8, 4) is 0 Å². The molecular weight excluding hydrogens is 331 g/mol. The van der Waals surface area contributed by atoms with Crippen LogP contribution < -0.4 is 5.32 Å². The molecule has 0 saturated heterocycles. The molecule has 2 N–H and O–H groups in total. The number of hydrogen-bond acceptors (Lipinski definition) is 2. The van der Waals surface area contributed by atoms with Crippen LogP contribution in [0.1, 0.15) is 24.6 Å². The quantitative estimate of drug-likeness (QED) is 0.717. The minimum absolute atomic E-state index is 0.0128. The zero-order valence-corrected chi connectivity index (χ0v) is 14.0. The maximum Gasteiger partial charge on any atom is 0.220 e. The van der Waals surface area contributed by atoms with Crippen molar-refractivity contribution in [1.29, 1.82) is 0 Å². The lowest BCUT2D eigenvalue weighted by Gasteiger charge is -2.05. The summed E-state index contributed by atoms with van der Waals surface area (Å²) >= 11 is 6.35. The van der Waals surface area contributed by atoms with Crippen molar-refractivity contribution in [1.82, 2.24) is 20.1 Å². The number of aromatic nitrogens is 3. The summed E-state index contributed by atoms with van der Waals surface area (Å²) in [6.07, 6.45) is 3.66. The van der Waals surface area contributed by atoms with Gasteiger partial charge in [0.1, 0.15) is 0 Å². The molecule has 5 nitrogen and oxygen atoms in total. The van der Waals surface area contributed by atoms with Gasteiger partial charge in [-0.25, -0.2) is 4.39 Å². The molecule has 2 heterocycles. The third-order valence-corrected chi connectivity index (χ3v) is 4.20. The highest BCUT2D eigenvalue weighted by atomic mass is 35.5. The second kappa shape index (κ2) is 7.05. The average molecular weight is 349 g/mol. The van der Waals surface area contributed by atoms with Crippen molar-refractivity contribution in [3.63, 3.8) is 0 Å². The van der Waals surface area contributed by atoms with Gasteiger partial charge in [-0.15, -0.1) is 0 Å². The Kier molecular flexibility index (Phi) is 4.85. The molecule has 2 aromatic heterocycles. The number of nitrogens with one attached hydrogen (secondary N) is 2. The molecule has 3 aromatic rings. The van der Waals surface area contributed by atoms with E-state index < -0.39 is 0 Å². The summed E-state index contributed by atoms with van der Waals surface area (Å²) in [7, 11) is 0. The third kappa shape index (κ3) is 3.76. The zero-order chi connectivity index (χ0) is 17.1. The van der Waals surface area contributed by atoms with Gasteiger partial charge < -0.3 is 10.3 Å². The van der Waals surface area contributed by atoms with Crippen LogP contribution in [0.3, 0.4) is 0 Å². The van der Waals surface area contributed by atoms with E-state index in [2.05, 4.69) is 15.4 Å². The van der Waals surface area contributed by atoms with Gasteiger partial charge in [0, 0.05) is 34.6 Å². The molecule has 24 heavy (non-hydrogen) atoms. The minimum Gasteiger partial charge on any atom is -0.357 e. The summed E-state index contributed by atoms with van der Waals surface area (Å²) in [5, 5.41) is 8.42. The summed E-state index contributed by atoms with van der Waals surface area (Å²) < 4.78 is 14.5. The molecule has 0 unspecified atom stereocenters. The van der Waals surface area contributed by atoms with Crippen LogP contribution in [0.4, 0.5) is 4.39 Å². The average Bonchev–Trinajstić information content (AvgIpc) is 3.15. The molecule has 1 aromatic carbocycles. The fourth-order valence-corrected chi connectivity index (χ4v) is 2.83. The van der Waals surface area contributed by atoms with Gasteiger partial charge in [0.15, 0.2) is 5.82 Å². The summed E-state index contributed by atoms with van der Waals surface area (Å²) in [5.74, 6) is -0.335. The molecule has 1 amide bonds. The number of benzene rings is 1. The van der Waals surface area contributed by atoms with Gasteiger partial charge >= 0.3 is 0 Å². The van der Waals surface area contributed by atoms with E-state index in [-0.39, 0.29) is 11.7 Å². The van der Waals surface area contributed by atoms with E-state index in [0.717, 1.165) is 22.2 Å². The highest BCUT2D eigenvalue weighted by molar-refractivity contribution is 6.32. The first-order valence-electron chi connectivity index (χ1n) is 7.80. The summed E-state index contributed by atoms with van der Waals surface area (Å²) in [5.41, 5.74) is 2.85. The van der Waals surface area contributed by atoms with Crippen molar-refractivity contribution in [2.75, 3.05) is 0 Å². The molecule has 0 aliphatic heterocycles. The van der Waals surface area contributed by atoms with Gasteiger partial charge in [-0.3, -0.25) is 9.48 Å². The maximum atomic E-state index is 13.0. The second-order valence-corrected chi connectivity index (χ2v) is 6.03. The zero-order valence-electron chi connectivity index (χ0n) is 13.3. The molecule has 7 heteroatoms. The van der Waals surface area contributed by atoms with Crippen LogP contribution >= 0.6 is 11.6 Å². The lowest BCUT2D eigenvalue weighted by Crippen LogP contribution is -2.21. The fraction of sp³-hybridized carbons (Fsp3) is 0.294. The molecule has 126 valence electrons. The summed E-state index contributed by atoms with van der Waals surface area (Å²) in [6.45, 7) is 2.83. The lowest BCUT2D eigenvalue weighted by atomic mass is 10.1. The van der Waals surface area contributed by atoms with Gasteiger partial charge in [-0.2, -0.15) is 5.10 Å². The van der Waals surface area contributed by atoms with E-state index in [9.17, 15) is 9.18 Å². The minimum atomic E-state index is -0.348. The standard InChI is InChI=1S/C17H18ClFN4O/c1-2-17(24)20-9-14-5-12-6-15(18)11(7-16(12)22-14)3-4-23-10-13(19)8-21-23/h5-8,10,22H,2-4,9H2,1H3,(H,20,24). The molecule has 3 rings (SSSR count). The van der Waals surface area contributed by atoms with Crippen LogP contribution in [-0.2, 0) is 24.3 Å². The Morgan fingerprint density at radius 2 is 2.25 bits per heavy atom. The summed E-state index contributed by atoms with van der Waals surface area (Å²) in [6, 6.07) is 5.87. The van der Waals surface area contributed by atoms with E-state index in [1.165, 1.54) is 12.4 Å². The summed E-state index contributed by atoms with van der Waals surface area (Å²) in [4.78, 5) is 14.6. The van der Waals surface area contributed by atoms with Gasteiger partial charge in [-0.05, 0) is 30.2 Å². The van der Waals surface area contributed by atoms with Crippen molar-refractivity contribution >= 4 is 28.4 Å². The smallest absolute Gasteiger partial charge is 0.220 e. The monoisotopic (exact) mass is 348 g/mol. The predicted molar refractivity (Wildman–Crippen MR) is 91.3 cm³/mol. The second-order valence-electron chi connectivity index (χ2n) is 5.63. The molecule has 0 bridgehead atoms. The van der Waals surface area contributed by atoms with E-state index in [1.807, 2.05) is 25.1 Å². The molecule has 0 radical (unpaired) electrons. The Labute approximate surface area is 143 Å². The van der Waals surface area contributed by atoms with Gasteiger partial charge in [0.05, 0.1) is 18.9 Å². The van der Waals surface area contributed by atoms with Gasteiger partial charge in [0.2, 0.25) is 5.91 Å². The number of hydrogen-bond donors (Lipinski definition) is 2. The fourth-order valence-electron chi connectivity index (χ4n) is 2.56. The number of halogens is 2. The van der Waals surface area contributed by atoms with Gasteiger partial charge in [0.25, 0.3) is 0 Å². The number of rotatable bonds is 6. The van der Waals surface area contributed by atoms with E-state index in [0.29, 0.717) is 31.0 Å². The Hall–Kier alpha value is -2.34. The number of fused-ring (bicyclic) bond motifs is 1. The first-order valence-corrected chi connectivity index (χ1v) is 8.17. The third-order valence-electron chi connectivity index (χ3n) is 3.85. The van der Waals surface area contributed by atoms with Crippen molar-refractivity contribution in [2.45, 2.75) is 32.9 Å². The van der Waals surface area contributed by atoms with Crippen LogP contribution in [0.2, 0.25) is 5.02 Å². The molecule has 0 saturated carbocycles. The Balaban J connectivity index is 1.74. The number of nitrogens with zero attached hydrogens (tertiary/aromatic N) is 2. The van der Waals surface area contributed by atoms with Crippen LogP contribution in [0.15, 0.2) is 30.6 Å². The maximum absolute atomic E-state index is 13.0. The first-order chi connectivity index (χ1) is 11.5. The van der Waals surface area contributed by atoms with Crippen molar-refractivity contribution in [2.24, 2.45) is 0 Å². The molecule has 0 spiro atoms. The highest BCUT2D eigenvalue weighted by Gasteiger charge is 2.08. The van der Waals surface area contributed by atoms with Crippen LogP contribution in [0.5, 0.6) is 0 Å². The lowest BCUT2D eigenvalue weighted by molar-refractivity contribution is -0.120. The number of amides is 1. The largest absolute Gasteiger partial charge is 0.357 e. The Morgan fingerprint density at radius 3 is 2.96 bits per heavy atom. The van der Waals surface area contributed by atoms with Crippen molar-refractivity contribution in [3.05, 3.63) is 52.7 Å². The highest BCUT2D eigenvalue weighted by Crippen LogP contribution is 2.25. The predicted octanol–water partition coefficient (Wildman–Crippen LogP) is 3.43. The van der Waals surface area contributed by atoms with Crippen LogP contribution in [0.25, 0.3) is 10.9 Å². The topological polar surface area (TPSA) is 62.7 Å². The number of carbonyl (C=O) groups excluding carboxylic acids is 1. The number of aryl methyl sites for hydroxylation is 2. The molecule has 0 aliphatic carbocycles. The normalized spacial score (nSPS) is 11.1. The van der Waals surface area contributed by atoms with E-state index in [4.69, 9.17) is 11.6 Å². The Bertz CT molecular complexity index is 871. The van der Waals surface area contributed by atoms with E-state index >= 15 is 0 Å². The molecular formula is C17H18ClFN4O. The number of carbonyl (C=O) groups is 1.